The molecule has 9 aromatic rings. The van der Waals surface area contributed by atoms with Crippen LogP contribution in [0.3, 0.4) is 0 Å². The monoisotopic (exact) mass is 587 g/mol. The fourth-order valence-electron chi connectivity index (χ4n) is 6.83. The molecule has 0 N–H and O–H groups in total. The van der Waals surface area contributed by atoms with Crippen molar-refractivity contribution in [2.75, 3.05) is 4.90 Å². The lowest BCUT2D eigenvalue weighted by Crippen LogP contribution is -2.09. The highest BCUT2D eigenvalue weighted by Crippen LogP contribution is 2.42. The van der Waals surface area contributed by atoms with Crippen LogP contribution in [0, 0.1) is 0 Å². The molecule has 46 heavy (non-hydrogen) atoms. The van der Waals surface area contributed by atoms with Gasteiger partial charge in [-0.1, -0.05) is 121 Å². The topological polar surface area (TPSA) is 16.4 Å². The molecule has 2 nitrogen and oxygen atoms in total. The zero-order chi connectivity index (χ0) is 30.5. The van der Waals surface area contributed by atoms with E-state index in [4.69, 9.17) is 4.42 Å². The molecule has 1 heterocycles. The lowest BCUT2D eigenvalue weighted by molar-refractivity contribution is 0.669. The van der Waals surface area contributed by atoms with Crippen molar-refractivity contribution in [3.63, 3.8) is 0 Å². The Morgan fingerprint density at radius 1 is 0.348 bits per heavy atom. The van der Waals surface area contributed by atoms with Crippen LogP contribution in [0.1, 0.15) is 0 Å². The number of rotatable bonds is 5. The highest BCUT2D eigenvalue weighted by molar-refractivity contribution is 6.11. The van der Waals surface area contributed by atoms with E-state index in [1.54, 1.807) is 0 Å². The summed E-state index contributed by atoms with van der Waals surface area (Å²) in [7, 11) is 0. The number of para-hydroxylation sites is 1. The number of anilines is 3. The molecule has 216 valence electrons. The van der Waals surface area contributed by atoms with Crippen molar-refractivity contribution in [1.82, 2.24) is 0 Å². The first-order valence-electron chi connectivity index (χ1n) is 15.7. The summed E-state index contributed by atoms with van der Waals surface area (Å²) in [6, 6.07) is 62.7. The lowest BCUT2D eigenvalue weighted by Gasteiger charge is -2.26. The minimum absolute atomic E-state index is 0.878. The normalized spacial score (nSPS) is 11.5. The number of hydrogen-bond donors (Lipinski definition) is 0. The van der Waals surface area contributed by atoms with Crippen LogP contribution in [0.4, 0.5) is 17.1 Å². The standard InChI is InChI=1S/C44H29NO/c1-3-11-30(12-4-1)39-25-21-31-13-9-10-18-38(31)44(39)32-19-22-36(23-20-32)45(35-16-5-2-6-17-35)37-24-26-40-41-27-33-14-7-8-15-34(33)28-42(41)46-43(40)29-37/h1-29H. The molecule has 0 atom stereocenters. The molecular weight excluding hydrogens is 558 g/mol. The van der Waals surface area contributed by atoms with Gasteiger partial charge in [0, 0.05) is 33.9 Å². The highest BCUT2D eigenvalue weighted by Gasteiger charge is 2.17. The molecule has 0 aliphatic rings. The van der Waals surface area contributed by atoms with Crippen molar-refractivity contribution in [2.45, 2.75) is 0 Å². The summed E-state index contributed by atoms with van der Waals surface area (Å²) in [5, 5.41) is 7.15. The Morgan fingerprint density at radius 2 is 0.957 bits per heavy atom. The maximum Gasteiger partial charge on any atom is 0.137 e. The number of benzene rings is 8. The summed E-state index contributed by atoms with van der Waals surface area (Å²) in [6.45, 7) is 0. The highest BCUT2D eigenvalue weighted by atomic mass is 16.3. The molecule has 0 bridgehead atoms. The second-order valence-electron chi connectivity index (χ2n) is 11.8. The summed E-state index contributed by atoms with van der Waals surface area (Å²) < 4.78 is 6.47. The molecule has 2 heteroatoms. The molecule has 0 aliphatic carbocycles. The van der Waals surface area contributed by atoms with Gasteiger partial charge in [0.15, 0.2) is 0 Å². The largest absolute Gasteiger partial charge is 0.456 e. The average molecular weight is 588 g/mol. The van der Waals surface area contributed by atoms with Gasteiger partial charge in [-0.25, -0.2) is 0 Å². The molecule has 0 saturated heterocycles. The van der Waals surface area contributed by atoms with Crippen LogP contribution in [-0.2, 0) is 0 Å². The van der Waals surface area contributed by atoms with Crippen LogP contribution in [0.15, 0.2) is 180 Å². The van der Waals surface area contributed by atoms with Gasteiger partial charge in [0.1, 0.15) is 11.2 Å². The van der Waals surface area contributed by atoms with Crippen molar-refractivity contribution in [3.8, 4) is 22.3 Å². The second kappa shape index (κ2) is 10.8. The maximum absolute atomic E-state index is 6.47. The Kier molecular flexibility index (Phi) is 6.17. The Labute approximate surface area is 267 Å². The molecule has 8 aromatic carbocycles. The van der Waals surface area contributed by atoms with Gasteiger partial charge in [-0.2, -0.15) is 0 Å². The number of furan rings is 1. The summed E-state index contributed by atoms with van der Waals surface area (Å²) in [5.74, 6) is 0. The molecular formula is C44H29NO. The van der Waals surface area contributed by atoms with Crippen LogP contribution < -0.4 is 4.90 Å². The SMILES string of the molecule is c1ccc(-c2ccc3ccccc3c2-c2ccc(N(c3ccccc3)c3ccc4c(c3)oc3cc5ccccc5cc34)cc2)cc1. The third kappa shape index (κ3) is 4.43. The van der Waals surface area contributed by atoms with E-state index in [0.717, 1.165) is 39.0 Å². The van der Waals surface area contributed by atoms with Gasteiger partial charge in [-0.05, 0) is 92.3 Å². The van der Waals surface area contributed by atoms with Crippen LogP contribution in [0.25, 0.3) is 65.7 Å². The lowest BCUT2D eigenvalue weighted by atomic mass is 9.89. The van der Waals surface area contributed by atoms with Gasteiger partial charge in [-0.3, -0.25) is 0 Å². The van der Waals surface area contributed by atoms with Crippen molar-refractivity contribution >= 4 is 60.5 Å². The van der Waals surface area contributed by atoms with Crippen LogP contribution in [0.2, 0.25) is 0 Å². The minimum Gasteiger partial charge on any atom is -0.456 e. The van der Waals surface area contributed by atoms with Crippen molar-refractivity contribution in [2.24, 2.45) is 0 Å². The first-order chi connectivity index (χ1) is 22.8. The molecule has 0 radical (unpaired) electrons. The Bertz CT molecular complexity index is 2510. The molecule has 0 aliphatic heterocycles. The molecule has 0 spiro atoms. The Morgan fingerprint density at radius 3 is 1.74 bits per heavy atom. The average Bonchev–Trinajstić information content (AvgIpc) is 3.48. The van der Waals surface area contributed by atoms with E-state index in [1.807, 2.05) is 0 Å². The van der Waals surface area contributed by atoms with Crippen molar-refractivity contribution < 1.29 is 4.42 Å². The second-order valence-corrected chi connectivity index (χ2v) is 11.8. The van der Waals surface area contributed by atoms with Gasteiger partial charge in [0.25, 0.3) is 0 Å². The van der Waals surface area contributed by atoms with Crippen LogP contribution in [-0.4, -0.2) is 0 Å². The van der Waals surface area contributed by atoms with Gasteiger partial charge in [-0.15, -0.1) is 0 Å². The summed E-state index contributed by atoms with van der Waals surface area (Å²) in [4.78, 5) is 2.30. The van der Waals surface area contributed by atoms with E-state index < -0.39 is 0 Å². The first kappa shape index (κ1) is 26.3. The molecule has 0 amide bonds. The fraction of sp³-hybridized carbons (Fsp3) is 0. The fourth-order valence-corrected chi connectivity index (χ4v) is 6.83. The van der Waals surface area contributed by atoms with E-state index >= 15 is 0 Å². The first-order valence-corrected chi connectivity index (χ1v) is 15.7. The van der Waals surface area contributed by atoms with E-state index in [1.165, 1.54) is 43.8 Å². The zero-order valence-electron chi connectivity index (χ0n) is 25.1. The van der Waals surface area contributed by atoms with E-state index in [9.17, 15) is 0 Å². The maximum atomic E-state index is 6.47. The predicted molar refractivity (Wildman–Crippen MR) is 194 cm³/mol. The van der Waals surface area contributed by atoms with E-state index in [0.29, 0.717) is 0 Å². The smallest absolute Gasteiger partial charge is 0.137 e. The van der Waals surface area contributed by atoms with Crippen LogP contribution >= 0.6 is 0 Å². The molecule has 9 rings (SSSR count). The molecule has 1 aromatic heterocycles. The molecule has 0 saturated carbocycles. The van der Waals surface area contributed by atoms with Gasteiger partial charge in [0.2, 0.25) is 0 Å². The minimum atomic E-state index is 0.878. The zero-order valence-corrected chi connectivity index (χ0v) is 25.1. The van der Waals surface area contributed by atoms with Gasteiger partial charge >= 0.3 is 0 Å². The van der Waals surface area contributed by atoms with Gasteiger partial charge < -0.3 is 9.32 Å². The predicted octanol–water partition coefficient (Wildman–Crippen LogP) is 12.7. The molecule has 0 fully saturated rings. The van der Waals surface area contributed by atoms with E-state index in [-0.39, 0.29) is 0 Å². The third-order valence-corrected chi connectivity index (χ3v) is 9.02. The van der Waals surface area contributed by atoms with Crippen molar-refractivity contribution in [1.29, 1.82) is 0 Å². The van der Waals surface area contributed by atoms with Gasteiger partial charge in [0.05, 0.1) is 0 Å². The summed E-state index contributed by atoms with van der Waals surface area (Å²) in [6.07, 6.45) is 0. The Balaban J connectivity index is 1.18. The Hall–Kier alpha value is -6.12. The summed E-state index contributed by atoms with van der Waals surface area (Å²) >= 11 is 0. The van der Waals surface area contributed by atoms with Crippen molar-refractivity contribution in [3.05, 3.63) is 176 Å². The van der Waals surface area contributed by atoms with E-state index in [2.05, 4.69) is 181 Å². The number of hydrogen-bond acceptors (Lipinski definition) is 2. The molecule has 0 unspecified atom stereocenters. The third-order valence-electron chi connectivity index (χ3n) is 9.02. The number of nitrogens with zero attached hydrogens (tertiary/aromatic N) is 1. The summed E-state index contributed by atoms with van der Waals surface area (Å²) in [5.41, 5.74) is 9.88. The van der Waals surface area contributed by atoms with Crippen LogP contribution in [0.5, 0.6) is 0 Å². The number of fused-ring (bicyclic) bond motifs is 5. The quantitative estimate of drug-likeness (QED) is 0.199.